The summed E-state index contributed by atoms with van der Waals surface area (Å²) in [5.41, 5.74) is 2.44. The smallest absolute Gasteiger partial charge is 0.212 e. The Morgan fingerprint density at radius 1 is 1.23 bits per heavy atom. The maximum atomic E-state index is 11.1. The van der Waals surface area contributed by atoms with Gasteiger partial charge in [0.05, 0.1) is 24.4 Å². The van der Waals surface area contributed by atoms with Gasteiger partial charge in [0.2, 0.25) is 4.96 Å². The van der Waals surface area contributed by atoms with Crippen LogP contribution in [0, 0.1) is 6.92 Å². The number of aryl methyl sites for hydroxylation is 1. The van der Waals surface area contributed by atoms with E-state index in [1.54, 1.807) is 11.6 Å². The number of hydrogen-bond acceptors (Lipinski definition) is 9. The van der Waals surface area contributed by atoms with E-state index >= 15 is 0 Å². The number of benzene rings is 1. The molecule has 1 aliphatic carbocycles. The van der Waals surface area contributed by atoms with Crippen LogP contribution in [0.1, 0.15) is 41.4 Å². The molecule has 180 valence electrons. The Morgan fingerprint density at radius 3 is 2.83 bits per heavy atom. The van der Waals surface area contributed by atoms with Crippen LogP contribution >= 0.6 is 22.7 Å². The molecule has 0 radical (unpaired) electrons. The Balaban J connectivity index is 1.27. The first-order chi connectivity index (χ1) is 16.9. The van der Waals surface area contributed by atoms with E-state index < -0.39 is 5.60 Å². The third-order valence-electron chi connectivity index (χ3n) is 6.31. The number of hydrogen-bond donors (Lipinski definition) is 1. The Hall–Kier alpha value is -3.21. The number of ether oxygens (including phenoxy) is 2. The van der Waals surface area contributed by atoms with Crippen LogP contribution in [0.3, 0.4) is 0 Å². The zero-order valence-corrected chi connectivity index (χ0v) is 21.0. The lowest BCUT2D eigenvalue weighted by molar-refractivity contribution is 0.00897. The van der Waals surface area contributed by atoms with Crippen LogP contribution < -0.4 is 9.47 Å². The number of furan rings is 1. The molecule has 6 rings (SSSR count). The van der Waals surface area contributed by atoms with Gasteiger partial charge >= 0.3 is 0 Å². The summed E-state index contributed by atoms with van der Waals surface area (Å²) in [6.45, 7) is 6.26. The Bertz CT molecular complexity index is 1520. The van der Waals surface area contributed by atoms with Crippen LogP contribution in [0.2, 0.25) is 0 Å². The van der Waals surface area contributed by atoms with Crippen molar-refractivity contribution in [2.75, 3.05) is 7.11 Å². The van der Waals surface area contributed by atoms with E-state index in [2.05, 4.69) is 21.6 Å². The highest BCUT2D eigenvalue weighted by Gasteiger charge is 2.35. The highest BCUT2D eigenvalue weighted by Crippen LogP contribution is 2.41. The first-order valence-electron chi connectivity index (χ1n) is 11.3. The van der Waals surface area contributed by atoms with Gasteiger partial charge in [-0.05, 0) is 38.7 Å². The van der Waals surface area contributed by atoms with Gasteiger partial charge in [-0.15, -0.1) is 11.3 Å². The van der Waals surface area contributed by atoms with Gasteiger partial charge in [0.15, 0.2) is 5.76 Å². The van der Waals surface area contributed by atoms with Gasteiger partial charge < -0.3 is 19.0 Å². The fraction of sp³-hybridized carbons (Fsp3) is 0.320. The highest BCUT2D eigenvalue weighted by molar-refractivity contribution is 7.16. The molecule has 0 bridgehead atoms. The predicted molar refractivity (Wildman–Crippen MR) is 135 cm³/mol. The second-order valence-corrected chi connectivity index (χ2v) is 10.9. The van der Waals surface area contributed by atoms with Crippen molar-refractivity contribution in [3.63, 3.8) is 0 Å². The topological polar surface area (TPSA) is 94.9 Å². The van der Waals surface area contributed by atoms with Crippen LogP contribution in [-0.2, 0) is 12.2 Å². The van der Waals surface area contributed by atoms with Gasteiger partial charge in [-0.1, -0.05) is 23.5 Å². The summed E-state index contributed by atoms with van der Waals surface area (Å²) in [5, 5.41) is 19.9. The molecule has 35 heavy (non-hydrogen) atoms. The summed E-state index contributed by atoms with van der Waals surface area (Å²) in [6, 6.07) is 5.60. The number of aromatic nitrogens is 4. The van der Waals surface area contributed by atoms with Gasteiger partial charge in [-0.3, -0.25) is 0 Å². The van der Waals surface area contributed by atoms with Crippen LogP contribution in [0.5, 0.6) is 11.5 Å². The molecule has 5 aromatic rings. The molecule has 1 N–H and O–H groups in total. The summed E-state index contributed by atoms with van der Waals surface area (Å²) in [5.74, 6) is 1.89. The SMILES string of the molecule is C=C1CCC(O)(c2nc(COc3cc(OC)cc4oc(-c5cn6nc(C)sc6n5)cc34)cs2)CC1. The van der Waals surface area contributed by atoms with E-state index in [1.807, 2.05) is 36.7 Å². The lowest BCUT2D eigenvalue weighted by atomic mass is 9.83. The molecule has 0 saturated heterocycles. The van der Waals surface area contributed by atoms with Gasteiger partial charge in [0, 0.05) is 17.5 Å². The minimum Gasteiger partial charge on any atom is -0.496 e. The molecule has 0 unspecified atom stereocenters. The van der Waals surface area contributed by atoms with E-state index in [-0.39, 0.29) is 6.61 Å². The predicted octanol–water partition coefficient (Wildman–Crippen LogP) is 5.87. The molecule has 1 aliphatic rings. The highest BCUT2D eigenvalue weighted by atomic mass is 32.1. The number of allylic oxidation sites excluding steroid dienone is 1. The zero-order chi connectivity index (χ0) is 24.2. The third kappa shape index (κ3) is 4.11. The summed E-state index contributed by atoms with van der Waals surface area (Å²) in [7, 11) is 1.61. The van der Waals surface area contributed by atoms with Gasteiger partial charge in [-0.2, -0.15) is 5.10 Å². The van der Waals surface area contributed by atoms with Crippen molar-refractivity contribution in [2.24, 2.45) is 0 Å². The molecule has 0 amide bonds. The standard InChI is InChI=1S/C25H24N4O4S2/c1-14-4-6-25(30,7-5-14)23-26-16(13-34-23)12-32-20-8-17(31-3)9-21-18(20)10-22(33-21)19-11-29-24(27-19)35-15(2)28-29/h8-11,13,30H,1,4-7,12H2,2-3H3. The molecule has 1 saturated carbocycles. The molecule has 8 nitrogen and oxygen atoms in total. The molecule has 10 heteroatoms. The molecular formula is C25H24N4O4S2. The second kappa shape index (κ2) is 8.47. The molecule has 0 spiro atoms. The largest absolute Gasteiger partial charge is 0.496 e. The molecule has 0 aliphatic heterocycles. The lowest BCUT2D eigenvalue weighted by Gasteiger charge is -2.31. The van der Waals surface area contributed by atoms with E-state index in [0.29, 0.717) is 41.4 Å². The Kier molecular flexibility index (Phi) is 5.39. The van der Waals surface area contributed by atoms with Gasteiger partial charge in [-0.25, -0.2) is 14.5 Å². The van der Waals surface area contributed by atoms with Crippen molar-refractivity contribution in [1.29, 1.82) is 0 Å². The molecule has 1 aromatic carbocycles. The lowest BCUT2D eigenvalue weighted by Crippen LogP contribution is -2.28. The average Bonchev–Trinajstić information content (AvgIpc) is 3.61. The minimum absolute atomic E-state index is 0.269. The summed E-state index contributed by atoms with van der Waals surface area (Å²) in [6.07, 6.45) is 4.84. The van der Waals surface area contributed by atoms with Crippen molar-refractivity contribution >= 4 is 38.6 Å². The number of thiazole rings is 1. The van der Waals surface area contributed by atoms with Crippen LogP contribution in [0.25, 0.3) is 27.4 Å². The summed E-state index contributed by atoms with van der Waals surface area (Å²) >= 11 is 3.01. The van der Waals surface area contributed by atoms with E-state index in [4.69, 9.17) is 13.9 Å². The fourth-order valence-corrected chi connectivity index (χ4v) is 6.02. The number of methoxy groups -OCH3 is 1. The van der Waals surface area contributed by atoms with Crippen LogP contribution in [0.4, 0.5) is 0 Å². The van der Waals surface area contributed by atoms with E-state index in [9.17, 15) is 5.11 Å². The van der Waals surface area contributed by atoms with Gasteiger partial charge in [0.25, 0.3) is 0 Å². The van der Waals surface area contributed by atoms with Crippen molar-refractivity contribution in [3.8, 4) is 23.0 Å². The number of nitrogens with zero attached hydrogens (tertiary/aromatic N) is 4. The van der Waals surface area contributed by atoms with Crippen molar-refractivity contribution in [2.45, 2.75) is 44.8 Å². The van der Waals surface area contributed by atoms with E-state index in [0.717, 1.165) is 38.9 Å². The first kappa shape index (κ1) is 22.3. The summed E-state index contributed by atoms with van der Waals surface area (Å²) < 4.78 is 19.5. The zero-order valence-electron chi connectivity index (χ0n) is 19.4. The monoisotopic (exact) mass is 508 g/mol. The number of imidazole rings is 1. The molecule has 1 fully saturated rings. The normalized spacial score (nSPS) is 15.8. The number of fused-ring (bicyclic) bond motifs is 2. The maximum absolute atomic E-state index is 11.1. The Morgan fingerprint density at radius 2 is 2.06 bits per heavy atom. The van der Waals surface area contributed by atoms with Crippen molar-refractivity contribution in [1.82, 2.24) is 19.6 Å². The second-order valence-electron chi connectivity index (χ2n) is 8.84. The third-order valence-corrected chi connectivity index (χ3v) is 8.24. The molecule has 0 atom stereocenters. The van der Waals surface area contributed by atoms with Crippen molar-refractivity contribution in [3.05, 3.63) is 57.6 Å². The minimum atomic E-state index is -0.876. The molecular weight excluding hydrogens is 484 g/mol. The van der Waals surface area contributed by atoms with E-state index in [1.165, 1.54) is 28.2 Å². The fourth-order valence-electron chi connectivity index (χ4n) is 4.33. The molecule has 4 heterocycles. The maximum Gasteiger partial charge on any atom is 0.212 e. The van der Waals surface area contributed by atoms with Crippen molar-refractivity contribution < 1.29 is 19.0 Å². The quantitative estimate of drug-likeness (QED) is 0.286. The average molecular weight is 509 g/mol. The Labute approximate surface area is 209 Å². The summed E-state index contributed by atoms with van der Waals surface area (Å²) in [4.78, 5) is 10.1. The number of rotatable bonds is 6. The van der Waals surface area contributed by atoms with Gasteiger partial charge in [0.1, 0.15) is 45.0 Å². The van der Waals surface area contributed by atoms with Crippen LogP contribution in [-0.4, -0.2) is 31.8 Å². The number of aliphatic hydroxyl groups is 1. The van der Waals surface area contributed by atoms with Crippen LogP contribution in [0.15, 0.2) is 46.3 Å². The first-order valence-corrected chi connectivity index (χ1v) is 13.0. The molecule has 4 aromatic heterocycles.